The van der Waals surface area contributed by atoms with E-state index in [-0.39, 0.29) is 6.04 Å². The van der Waals surface area contributed by atoms with Crippen molar-refractivity contribution >= 4 is 34.7 Å². The number of benzene rings is 1. The van der Waals surface area contributed by atoms with Crippen LogP contribution in [0.15, 0.2) is 60.9 Å². The van der Waals surface area contributed by atoms with Gasteiger partial charge in [0.15, 0.2) is 0 Å². The summed E-state index contributed by atoms with van der Waals surface area (Å²) in [7, 11) is 0. The van der Waals surface area contributed by atoms with Crippen molar-refractivity contribution in [1.29, 1.82) is 0 Å². The Labute approximate surface area is 204 Å². The highest BCUT2D eigenvalue weighted by Crippen LogP contribution is 2.26. The van der Waals surface area contributed by atoms with Gasteiger partial charge >= 0.3 is 12.1 Å². The van der Waals surface area contributed by atoms with E-state index in [9.17, 15) is 9.59 Å². The zero-order valence-corrected chi connectivity index (χ0v) is 20.2. The number of carboxylic acids is 1. The summed E-state index contributed by atoms with van der Waals surface area (Å²) in [6.45, 7) is 7.68. The molecule has 0 aliphatic carbocycles. The first-order valence-electron chi connectivity index (χ1n) is 11.6. The van der Waals surface area contributed by atoms with Crippen molar-refractivity contribution in [1.82, 2.24) is 14.9 Å². The molecule has 1 aromatic carbocycles. The van der Waals surface area contributed by atoms with Crippen molar-refractivity contribution in [3.05, 3.63) is 72.2 Å². The molecule has 4 rings (SSSR count). The van der Waals surface area contributed by atoms with Gasteiger partial charge in [0.2, 0.25) is 0 Å². The largest absolute Gasteiger partial charge is 0.478 e. The van der Waals surface area contributed by atoms with Crippen LogP contribution in [0.5, 0.6) is 0 Å². The van der Waals surface area contributed by atoms with Gasteiger partial charge in [-0.1, -0.05) is 24.3 Å². The van der Waals surface area contributed by atoms with Crippen LogP contribution in [-0.4, -0.2) is 56.8 Å². The number of likely N-dealkylation sites (tertiary alicyclic amines) is 1. The van der Waals surface area contributed by atoms with Crippen molar-refractivity contribution in [2.24, 2.45) is 0 Å². The Morgan fingerprint density at radius 2 is 1.91 bits per heavy atom. The predicted octanol–water partition coefficient (Wildman–Crippen LogP) is 4.74. The van der Waals surface area contributed by atoms with Crippen LogP contribution in [0.1, 0.15) is 38.4 Å². The van der Waals surface area contributed by atoms with E-state index in [1.807, 2.05) is 45.2 Å². The number of ether oxygens (including phenoxy) is 1. The summed E-state index contributed by atoms with van der Waals surface area (Å²) >= 11 is 0. The summed E-state index contributed by atoms with van der Waals surface area (Å²) in [5, 5.41) is 11.1. The third kappa shape index (κ3) is 6.42. The molecule has 1 aliphatic heterocycles. The standard InChI is InChI=1S/C27H30N4O4/c1-27(2,3)35-26(34)31(24-10-8-19(15-29-24)9-11-25(32)33)23-12-13-30(18-23)17-22-14-20-6-4-5-7-21(20)16-28-22/h4-11,14-16,23H,12-13,17-18H2,1-3H3,(H,32,33)/t23-/m1/s1. The quantitative estimate of drug-likeness (QED) is 0.515. The molecule has 1 N–H and O–H groups in total. The second-order valence-electron chi connectivity index (χ2n) is 9.67. The summed E-state index contributed by atoms with van der Waals surface area (Å²) in [5.74, 6) is -0.557. The molecule has 3 heterocycles. The third-order valence-electron chi connectivity index (χ3n) is 5.71. The van der Waals surface area contributed by atoms with Crippen LogP contribution in [0.25, 0.3) is 16.8 Å². The first-order valence-corrected chi connectivity index (χ1v) is 11.6. The topological polar surface area (TPSA) is 95.9 Å². The molecule has 1 saturated heterocycles. The Kier molecular flexibility index (Phi) is 7.12. The number of hydrogen-bond acceptors (Lipinski definition) is 6. The number of carboxylic acid groups (broad SMARTS) is 1. The molecule has 3 aromatic rings. The third-order valence-corrected chi connectivity index (χ3v) is 5.71. The Balaban J connectivity index is 1.52. The lowest BCUT2D eigenvalue weighted by Crippen LogP contribution is -2.45. The van der Waals surface area contributed by atoms with Gasteiger partial charge in [-0.2, -0.15) is 0 Å². The zero-order valence-electron chi connectivity index (χ0n) is 20.2. The van der Waals surface area contributed by atoms with Gasteiger partial charge in [0, 0.05) is 43.5 Å². The van der Waals surface area contributed by atoms with Gasteiger partial charge in [0.25, 0.3) is 0 Å². The molecule has 0 bridgehead atoms. The lowest BCUT2D eigenvalue weighted by molar-refractivity contribution is -0.131. The van der Waals surface area contributed by atoms with Crippen LogP contribution in [-0.2, 0) is 16.1 Å². The van der Waals surface area contributed by atoms with E-state index in [1.165, 1.54) is 6.08 Å². The minimum Gasteiger partial charge on any atom is -0.478 e. The SMILES string of the molecule is CC(C)(C)OC(=O)N(c1ccc(C=CC(=O)O)cn1)[C@@H]1CCN(Cc2cc3ccccc3cn2)C1. The molecule has 1 atom stereocenters. The minimum atomic E-state index is -1.03. The van der Waals surface area contributed by atoms with Crippen molar-refractivity contribution in [3.8, 4) is 0 Å². The average molecular weight is 475 g/mol. The normalized spacial score (nSPS) is 16.6. The molecule has 35 heavy (non-hydrogen) atoms. The van der Waals surface area contributed by atoms with Crippen LogP contribution < -0.4 is 4.90 Å². The van der Waals surface area contributed by atoms with Gasteiger partial charge in [-0.25, -0.2) is 14.6 Å². The van der Waals surface area contributed by atoms with Crippen molar-refractivity contribution < 1.29 is 19.4 Å². The maximum absolute atomic E-state index is 13.2. The maximum Gasteiger partial charge on any atom is 0.416 e. The van der Waals surface area contributed by atoms with Gasteiger partial charge in [-0.3, -0.25) is 14.8 Å². The summed E-state index contributed by atoms with van der Waals surface area (Å²) in [5.41, 5.74) is 0.976. The fourth-order valence-corrected chi connectivity index (χ4v) is 4.16. The molecule has 182 valence electrons. The van der Waals surface area contributed by atoms with Gasteiger partial charge < -0.3 is 9.84 Å². The number of fused-ring (bicyclic) bond motifs is 1. The number of aromatic nitrogens is 2. The lowest BCUT2D eigenvalue weighted by atomic mass is 10.1. The first kappa shape index (κ1) is 24.3. The fraction of sp³-hybridized carbons (Fsp3) is 0.333. The molecular formula is C27H30N4O4. The molecular weight excluding hydrogens is 444 g/mol. The van der Waals surface area contributed by atoms with E-state index in [4.69, 9.17) is 9.84 Å². The van der Waals surface area contributed by atoms with Crippen LogP contribution in [0, 0.1) is 0 Å². The Morgan fingerprint density at radius 3 is 2.60 bits per heavy atom. The number of pyridine rings is 2. The van der Waals surface area contributed by atoms with Crippen LogP contribution in [0.2, 0.25) is 0 Å². The van der Waals surface area contributed by atoms with E-state index < -0.39 is 17.7 Å². The van der Waals surface area contributed by atoms with Crippen LogP contribution in [0.3, 0.4) is 0 Å². The molecule has 0 saturated carbocycles. The van der Waals surface area contributed by atoms with Crippen molar-refractivity contribution in [3.63, 3.8) is 0 Å². The number of hydrogen-bond donors (Lipinski definition) is 1. The van der Waals surface area contributed by atoms with Gasteiger partial charge in [-0.15, -0.1) is 0 Å². The molecule has 8 nitrogen and oxygen atoms in total. The Hall–Kier alpha value is -3.78. The van der Waals surface area contributed by atoms with Crippen LogP contribution >= 0.6 is 0 Å². The number of carbonyl (C=O) groups is 2. The molecule has 1 amide bonds. The van der Waals surface area contributed by atoms with E-state index in [1.54, 1.807) is 23.2 Å². The molecule has 2 aromatic heterocycles. The maximum atomic E-state index is 13.2. The van der Waals surface area contributed by atoms with Crippen molar-refractivity contribution in [2.45, 2.75) is 45.4 Å². The second-order valence-corrected chi connectivity index (χ2v) is 9.67. The van der Waals surface area contributed by atoms with Gasteiger partial charge in [-0.05, 0) is 62.4 Å². The summed E-state index contributed by atoms with van der Waals surface area (Å²) in [4.78, 5) is 36.9. The molecule has 8 heteroatoms. The lowest BCUT2D eigenvalue weighted by Gasteiger charge is -2.31. The minimum absolute atomic E-state index is 0.113. The highest BCUT2D eigenvalue weighted by molar-refractivity contribution is 5.88. The van der Waals surface area contributed by atoms with Gasteiger partial charge in [0.05, 0.1) is 11.7 Å². The Bertz CT molecular complexity index is 1230. The first-order chi connectivity index (χ1) is 16.7. The summed E-state index contributed by atoms with van der Waals surface area (Å²) < 4.78 is 5.70. The Morgan fingerprint density at radius 1 is 1.14 bits per heavy atom. The highest BCUT2D eigenvalue weighted by atomic mass is 16.6. The highest BCUT2D eigenvalue weighted by Gasteiger charge is 2.35. The zero-order chi connectivity index (χ0) is 25.0. The summed E-state index contributed by atoms with van der Waals surface area (Å²) in [6.07, 6.45) is 6.29. The van der Waals surface area contributed by atoms with Gasteiger partial charge in [0.1, 0.15) is 11.4 Å². The molecule has 0 unspecified atom stereocenters. The number of aliphatic carboxylic acids is 1. The molecule has 0 radical (unpaired) electrons. The smallest absolute Gasteiger partial charge is 0.416 e. The van der Waals surface area contributed by atoms with E-state index in [2.05, 4.69) is 27.0 Å². The fourth-order valence-electron chi connectivity index (χ4n) is 4.16. The van der Waals surface area contributed by atoms with Crippen molar-refractivity contribution in [2.75, 3.05) is 18.0 Å². The summed E-state index contributed by atoms with van der Waals surface area (Å²) in [6, 6.07) is 13.6. The van der Waals surface area contributed by atoms with E-state index in [0.29, 0.717) is 24.5 Å². The number of anilines is 1. The monoisotopic (exact) mass is 474 g/mol. The molecule has 1 aliphatic rings. The molecule has 1 fully saturated rings. The average Bonchev–Trinajstić information content (AvgIpc) is 3.25. The van der Waals surface area contributed by atoms with Crippen LogP contribution in [0.4, 0.5) is 10.6 Å². The number of amides is 1. The van der Waals surface area contributed by atoms with E-state index in [0.717, 1.165) is 35.5 Å². The number of rotatable bonds is 6. The second kappa shape index (κ2) is 10.2. The predicted molar refractivity (Wildman–Crippen MR) is 135 cm³/mol. The number of nitrogens with zero attached hydrogens (tertiary/aromatic N) is 4. The molecule has 0 spiro atoms. The van der Waals surface area contributed by atoms with E-state index >= 15 is 0 Å². The number of carbonyl (C=O) groups excluding carboxylic acids is 1.